The zero-order chi connectivity index (χ0) is 21.1. The Balaban J connectivity index is 2.04. The van der Waals surface area contributed by atoms with Crippen LogP contribution in [0.25, 0.3) is 0 Å². The number of aromatic nitrogens is 2. The second-order valence-corrected chi connectivity index (χ2v) is 13.9. The summed E-state index contributed by atoms with van der Waals surface area (Å²) in [7, 11) is -1.84. The number of aromatic amines is 1. The lowest BCUT2D eigenvalue weighted by Gasteiger charge is -2.36. The maximum absolute atomic E-state index is 12.2. The minimum Gasteiger partial charge on any atom is -0.445 e. The first-order valence-corrected chi connectivity index (χ1v) is 12.8. The second kappa shape index (κ2) is 8.80. The molecule has 7 nitrogen and oxygen atoms in total. The summed E-state index contributed by atoms with van der Waals surface area (Å²) in [5.74, 6) is 0. The summed E-state index contributed by atoms with van der Waals surface area (Å²) in [6.07, 6.45) is 1.66. The van der Waals surface area contributed by atoms with Crippen molar-refractivity contribution < 1.29 is 19.1 Å². The highest BCUT2D eigenvalue weighted by molar-refractivity contribution is 6.74. The van der Waals surface area contributed by atoms with Crippen molar-refractivity contribution in [2.24, 2.45) is 0 Å². The second-order valence-electron chi connectivity index (χ2n) is 9.09. The molecule has 0 aliphatic carbocycles. The number of H-pyrrole nitrogens is 1. The number of aliphatic hydroxyl groups excluding tert-OH is 1. The largest absolute Gasteiger partial charge is 0.445 e. The molecular weight excluding hydrogens is 374 g/mol. The van der Waals surface area contributed by atoms with Gasteiger partial charge >= 0.3 is 6.09 Å². The summed E-state index contributed by atoms with van der Waals surface area (Å²) < 4.78 is 11.4. The molecule has 0 aromatic carbocycles. The van der Waals surface area contributed by atoms with Gasteiger partial charge in [-0.3, -0.25) is 5.10 Å². The zero-order valence-corrected chi connectivity index (χ0v) is 19.0. The minimum atomic E-state index is -1.84. The molecule has 28 heavy (non-hydrogen) atoms. The van der Waals surface area contributed by atoms with E-state index in [2.05, 4.69) is 50.6 Å². The third kappa shape index (κ3) is 5.24. The Kier molecular flexibility index (Phi) is 7.11. The Hall–Kier alpha value is -1.64. The van der Waals surface area contributed by atoms with Crippen LogP contribution in [0.2, 0.25) is 18.1 Å². The number of ether oxygens (including phenoxy) is 1. The third-order valence-corrected chi connectivity index (χ3v) is 10.5. The summed E-state index contributed by atoms with van der Waals surface area (Å²) in [5.41, 5.74) is 2.92. The van der Waals surface area contributed by atoms with Crippen molar-refractivity contribution in [2.45, 2.75) is 77.4 Å². The highest BCUT2D eigenvalue weighted by Gasteiger charge is 2.38. The van der Waals surface area contributed by atoms with Crippen molar-refractivity contribution >= 4 is 14.4 Å². The molecule has 2 heterocycles. The fourth-order valence-corrected chi connectivity index (χ4v) is 3.97. The van der Waals surface area contributed by atoms with Gasteiger partial charge in [0.2, 0.25) is 0 Å². The predicted octanol–water partition coefficient (Wildman–Crippen LogP) is 3.54. The molecule has 1 aromatic heterocycles. The number of amides is 1. The molecule has 0 radical (unpaired) electrons. The lowest BCUT2D eigenvalue weighted by molar-refractivity contribution is 0.102. The number of hydrogen-bond acceptors (Lipinski definition) is 5. The number of aliphatic hydroxyl groups is 1. The number of hydrogen-bond donors (Lipinski definition) is 2. The number of carbonyl (C=O) groups is 1. The van der Waals surface area contributed by atoms with Crippen LogP contribution in [0, 0.1) is 6.92 Å². The van der Waals surface area contributed by atoms with Crippen LogP contribution in [0.5, 0.6) is 0 Å². The van der Waals surface area contributed by atoms with Crippen molar-refractivity contribution in [3.05, 3.63) is 29.6 Å². The van der Waals surface area contributed by atoms with Crippen LogP contribution < -0.4 is 0 Å². The van der Waals surface area contributed by atoms with Gasteiger partial charge in [0.25, 0.3) is 0 Å². The van der Waals surface area contributed by atoms with Crippen molar-refractivity contribution in [1.82, 2.24) is 15.1 Å². The number of carbonyl (C=O) groups excluding carboxylic acids is 1. The standard InChI is InChI=1S/C20H35N3O4Si/c1-8-9-26-19(25)23-12-16(24)10-15(23)11-17-14(2)18(22-21-17)13-27-28(6,7)20(3,4)5/h8,15-16,24H,1,9-13H2,2-7H3,(H,21,22)/t15-,16+/m0/s1. The van der Waals surface area contributed by atoms with Crippen LogP contribution in [0.3, 0.4) is 0 Å². The molecule has 1 aliphatic heterocycles. The smallest absolute Gasteiger partial charge is 0.410 e. The first-order valence-electron chi connectivity index (χ1n) is 9.85. The summed E-state index contributed by atoms with van der Waals surface area (Å²) in [5, 5.41) is 17.7. The van der Waals surface area contributed by atoms with E-state index in [1.54, 1.807) is 4.90 Å². The maximum atomic E-state index is 12.2. The van der Waals surface area contributed by atoms with Gasteiger partial charge in [-0.05, 0) is 37.0 Å². The Morgan fingerprint density at radius 1 is 1.46 bits per heavy atom. The molecule has 1 aromatic rings. The first kappa shape index (κ1) is 22.6. The van der Waals surface area contributed by atoms with E-state index in [1.165, 1.54) is 6.08 Å². The Labute approximate surface area is 169 Å². The van der Waals surface area contributed by atoms with Crippen LogP contribution in [0.4, 0.5) is 4.79 Å². The average molecular weight is 410 g/mol. The van der Waals surface area contributed by atoms with Crippen molar-refractivity contribution in [1.29, 1.82) is 0 Å². The Morgan fingerprint density at radius 2 is 2.14 bits per heavy atom. The minimum absolute atomic E-state index is 0.136. The van der Waals surface area contributed by atoms with E-state index in [0.717, 1.165) is 17.0 Å². The number of β-amino-alcohol motifs (C(OH)–C–C–N with tert-alkyl or cyclic N) is 1. The molecule has 1 amide bonds. The van der Waals surface area contributed by atoms with E-state index in [-0.39, 0.29) is 24.2 Å². The van der Waals surface area contributed by atoms with E-state index < -0.39 is 20.5 Å². The van der Waals surface area contributed by atoms with E-state index in [1.807, 2.05) is 6.92 Å². The zero-order valence-electron chi connectivity index (χ0n) is 18.0. The van der Waals surface area contributed by atoms with Crippen molar-refractivity contribution in [3.8, 4) is 0 Å². The quantitative estimate of drug-likeness (QED) is 0.531. The topological polar surface area (TPSA) is 87.7 Å². The number of likely N-dealkylation sites (tertiary alicyclic amines) is 1. The van der Waals surface area contributed by atoms with Crippen LogP contribution in [0.15, 0.2) is 12.7 Å². The molecule has 1 saturated heterocycles. The Bertz CT molecular complexity index is 696. The summed E-state index contributed by atoms with van der Waals surface area (Å²) in [6, 6.07) is -0.136. The van der Waals surface area contributed by atoms with Gasteiger partial charge in [0.1, 0.15) is 6.61 Å². The van der Waals surface area contributed by atoms with E-state index in [0.29, 0.717) is 19.4 Å². The SMILES string of the molecule is C=CCOC(=O)N1C[C@H](O)C[C@H]1Cc1n[nH]c(CO[Si](C)(C)C(C)(C)C)c1C. The molecule has 0 saturated carbocycles. The summed E-state index contributed by atoms with van der Waals surface area (Å²) >= 11 is 0. The van der Waals surface area contributed by atoms with Crippen molar-refractivity contribution in [3.63, 3.8) is 0 Å². The fraction of sp³-hybridized carbons (Fsp3) is 0.700. The lowest BCUT2D eigenvalue weighted by Crippen LogP contribution is -2.40. The number of rotatable bonds is 7. The van der Waals surface area contributed by atoms with Crippen LogP contribution in [0.1, 0.15) is 44.1 Å². The molecule has 0 bridgehead atoms. The van der Waals surface area contributed by atoms with Gasteiger partial charge in [-0.2, -0.15) is 5.10 Å². The molecule has 0 unspecified atom stereocenters. The van der Waals surface area contributed by atoms with Crippen LogP contribution >= 0.6 is 0 Å². The normalized spacial score (nSPS) is 20.5. The molecule has 2 N–H and O–H groups in total. The lowest BCUT2D eigenvalue weighted by atomic mass is 10.0. The monoisotopic (exact) mass is 409 g/mol. The maximum Gasteiger partial charge on any atom is 0.410 e. The molecule has 1 fully saturated rings. The van der Waals surface area contributed by atoms with E-state index in [9.17, 15) is 9.90 Å². The molecule has 1 aliphatic rings. The van der Waals surface area contributed by atoms with E-state index in [4.69, 9.17) is 9.16 Å². The van der Waals surface area contributed by atoms with Crippen LogP contribution in [-0.4, -0.2) is 59.9 Å². The van der Waals surface area contributed by atoms with E-state index >= 15 is 0 Å². The summed E-state index contributed by atoms with van der Waals surface area (Å²) in [4.78, 5) is 13.8. The Morgan fingerprint density at radius 3 is 2.75 bits per heavy atom. The molecule has 158 valence electrons. The van der Waals surface area contributed by atoms with Crippen molar-refractivity contribution in [2.75, 3.05) is 13.2 Å². The van der Waals surface area contributed by atoms with Gasteiger partial charge in [-0.25, -0.2) is 4.79 Å². The fourth-order valence-electron chi connectivity index (χ4n) is 3.03. The predicted molar refractivity (Wildman–Crippen MR) is 112 cm³/mol. The first-order chi connectivity index (χ1) is 13.0. The summed E-state index contributed by atoms with van der Waals surface area (Å²) in [6.45, 7) is 17.6. The molecule has 8 heteroatoms. The van der Waals surface area contributed by atoms with Gasteiger partial charge in [0.05, 0.1) is 30.6 Å². The molecular formula is C20H35N3O4Si. The van der Waals surface area contributed by atoms with Gasteiger partial charge in [0, 0.05) is 12.5 Å². The highest BCUT2D eigenvalue weighted by atomic mass is 28.4. The van der Waals surface area contributed by atoms with Gasteiger partial charge in [-0.1, -0.05) is 33.4 Å². The van der Waals surface area contributed by atoms with Gasteiger partial charge < -0.3 is 19.2 Å². The third-order valence-electron chi connectivity index (χ3n) is 5.98. The van der Waals surface area contributed by atoms with Crippen LogP contribution in [-0.2, 0) is 22.2 Å². The van der Waals surface area contributed by atoms with Gasteiger partial charge in [0.15, 0.2) is 8.32 Å². The molecule has 2 rings (SSSR count). The number of nitrogens with one attached hydrogen (secondary N) is 1. The average Bonchev–Trinajstić information content (AvgIpc) is 3.13. The molecule has 2 atom stereocenters. The number of nitrogens with zero attached hydrogens (tertiary/aromatic N) is 2. The molecule has 0 spiro atoms. The highest BCUT2D eigenvalue weighted by Crippen LogP contribution is 2.37. The van der Waals surface area contributed by atoms with Gasteiger partial charge in [-0.15, -0.1) is 0 Å².